The van der Waals surface area contributed by atoms with Gasteiger partial charge in [0.05, 0.1) is 0 Å². The molecule has 0 amide bonds. The van der Waals surface area contributed by atoms with Crippen LogP contribution in [-0.4, -0.2) is 6.54 Å². The molecule has 0 bridgehead atoms. The van der Waals surface area contributed by atoms with Gasteiger partial charge in [-0.25, -0.2) is 0 Å². The maximum Gasteiger partial charge on any atom is 0.0406 e. The van der Waals surface area contributed by atoms with Crippen molar-refractivity contribution < 1.29 is 0 Å². The Morgan fingerprint density at radius 1 is 1.11 bits per heavy atom. The van der Waals surface area contributed by atoms with Crippen LogP contribution in [0.25, 0.3) is 0 Å². The summed E-state index contributed by atoms with van der Waals surface area (Å²) in [5, 5.41) is 4.51. The van der Waals surface area contributed by atoms with Crippen molar-refractivity contribution in [3.8, 4) is 0 Å². The Bertz CT molecular complexity index is 377. The number of nitrogens with one attached hydrogen (secondary N) is 1. The van der Waals surface area contributed by atoms with Crippen LogP contribution in [-0.2, 0) is 0 Å². The largest absolute Gasteiger partial charge is 0.310 e. The summed E-state index contributed by atoms with van der Waals surface area (Å²) in [4.78, 5) is 0. The van der Waals surface area contributed by atoms with Gasteiger partial charge in [0, 0.05) is 11.1 Å². The first-order chi connectivity index (χ1) is 9.10. The van der Waals surface area contributed by atoms with Crippen molar-refractivity contribution in [2.45, 2.75) is 46.1 Å². The molecule has 1 aliphatic rings. The molecule has 106 valence electrons. The van der Waals surface area contributed by atoms with Gasteiger partial charge in [0.25, 0.3) is 0 Å². The van der Waals surface area contributed by atoms with Gasteiger partial charge in [0.1, 0.15) is 0 Å². The Morgan fingerprint density at radius 3 is 2.21 bits per heavy atom. The van der Waals surface area contributed by atoms with Crippen LogP contribution in [0.3, 0.4) is 0 Å². The zero-order valence-corrected chi connectivity index (χ0v) is 13.1. The summed E-state index contributed by atoms with van der Waals surface area (Å²) in [6, 6.07) is 8.86. The highest BCUT2D eigenvalue weighted by Crippen LogP contribution is 2.39. The maximum atomic E-state index is 6.01. The third-order valence-corrected chi connectivity index (χ3v) is 4.59. The fourth-order valence-corrected chi connectivity index (χ4v) is 3.85. The molecule has 19 heavy (non-hydrogen) atoms. The molecule has 1 aliphatic carbocycles. The fraction of sp³-hybridized carbons (Fsp3) is 0.647. The molecule has 0 aliphatic heterocycles. The molecule has 3 unspecified atom stereocenters. The molecule has 1 aromatic carbocycles. The number of halogens is 1. The highest BCUT2D eigenvalue weighted by atomic mass is 35.5. The van der Waals surface area contributed by atoms with E-state index in [0.717, 1.165) is 29.3 Å². The van der Waals surface area contributed by atoms with E-state index < -0.39 is 0 Å². The van der Waals surface area contributed by atoms with Crippen LogP contribution in [0.5, 0.6) is 0 Å². The molecule has 1 fully saturated rings. The quantitative estimate of drug-likeness (QED) is 0.812. The summed E-state index contributed by atoms with van der Waals surface area (Å²) >= 11 is 6.01. The molecule has 0 aromatic heterocycles. The molecular formula is C17H26ClN. The number of hydrogen-bond acceptors (Lipinski definition) is 1. The lowest BCUT2D eigenvalue weighted by molar-refractivity contribution is 0.177. The molecule has 1 saturated carbocycles. The van der Waals surface area contributed by atoms with Crippen molar-refractivity contribution in [2.24, 2.45) is 17.8 Å². The van der Waals surface area contributed by atoms with Gasteiger partial charge in [-0.05, 0) is 61.3 Å². The molecule has 2 heteroatoms. The van der Waals surface area contributed by atoms with E-state index in [-0.39, 0.29) is 0 Å². The van der Waals surface area contributed by atoms with E-state index in [4.69, 9.17) is 11.6 Å². The highest BCUT2D eigenvalue weighted by Gasteiger charge is 2.30. The molecule has 1 N–H and O–H groups in total. The van der Waals surface area contributed by atoms with Crippen molar-refractivity contribution in [3.63, 3.8) is 0 Å². The predicted octanol–water partition coefficient (Wildman–Crippen LogP) is 5.06. The fourth-order valence-electron chi connectivity index (χ4n) is 3.73. The van der Waals surface area contributed by atoms with Crippen LogP contribution in [0.4, 0.5) is 0 Å². The molecular weight excluding hydrogens is 254 g/mol. The summed E-state index contributed by atoms with van der Waals surface area (Å²) in [5.74, 6) is 2.45. The first kappa shape index (κ1) is 14.9. The van der Waals surface area contributed by atoms with Crippen LogP contribution in [0.15, 0.2) is 24.3 Å². The van der Waals surface area contributed by atoms with Gasteiger partial charge in [-0.2, -0.15) is 0 Å². The summed E-state index contributed by atoms with van der Waals surface area (Å²) in [6.07, 6.45) is 4.06. The second-order valence-electron chi connectivity index (χ2n) is 6.26. The van der Waals surface area contributed by atoms with Crippen LogP contribution < -0.4 is 5.32 Å². The van der Waals surface area contributed by atoms with Crippen LogP contribution >= 0.6 is 11.6 Å². The van der Waals surface area contributed by atoms with Crippen molar-refractivity contribution in [1.29, 1.82) is 0 Å². The minimum atomic E-state index is 0.479. The molecule has 0 saturated heterocycles. The van der Waals surface area contributed by atoms with E-state index in [1.54, 1.807) is 0 Å². The van der Waals surface area contributed by atoms with Crippen molar-refractivity contribution in [3.05, 3.63) is 34.9 Å². The lowest BCUT2D eigenvalue weighted by atomic mass is 9.72. The molecule has 0 heterocycles. The Morgan fingerprint density at radius 2 is 1.68 bits per heavy atom. The van der Waals surface area contributed by atoms with Crippen LogP contribution in [0, 0.1) is 17.8 Å². The Labute approximate surface area is 122 Å². The van der Waals surface area contributed by atoms with E-state index in [1.165, 1.54) is 24.8 Å². The number of hydrogen-bond donors (Lipinski definition) is 1. The summed E-state index contributed by atoms with van der Waals surface area (Å²) in [6.45, 7) is 8.01. The molecule has 1 aromatic rings. The Hall–Kier alpha value is -0.530. The number of rotatable bonds is 4. The van der Waals surface area contributed by atoms with E-state index in [9.17, 15) is 0 Å². The van der Waals surface area contributed by atoms with Gasteiger partial charge in [-0.15, -0.1) is 0 Å². The first-order valence-electron chi connectivity index (χ1n) is 7.59. The van der Waals surface area contributed by atoms with Gasteiger partial charge in [-0.3, -0.25) is 0 Å². The summed E-state index contributed by atoms with van der Waals surface area (Å²) < 4.78 is 0. The second kappa shape index (κ2) is 6.76. The van der Waals surface area contributed by atoms with Crippen molar-refractivity contribution in [1.82, 2.24) is 5.32 Å². The van der Waals surface area contributed by atoms with E-state index in [1.807, 2.05) is 12.1 Å². The molecule has 3 atom stereocenters. The average Bonchev–Trinajstić information content (AvgIpc) is 2.36. The van der Waals surface area contributed by atoms with Gasteiger partial charge in [-0.1, -0.05) is 44.5 Å². The van der Waals surface area contributed by atoms with E-state index >= 15 is 0 Å². The van der Waals surface area contributed by atoms with Gasteiger partial charge in [0.2, 0.25) is 0 Å². The van der Waals surface area contributed by atoms with Gasteiger partial charge in [0.15, 0.2) is 0 Å². The Kier molecular flexibility index (Phi) is 5.29. The number of benzene rings is 1. The topological polar surface area (TPSA) is 12.0 Å². The first-order valence-corrected chi connectivity index (χ1v) is 7.96. The lowest BCUT2D eigenvalue weighted by Gasteiger charge is -2.37. The maximum absolute atomic E-state index is 6.01. The minimum Gasteiger partial charge on any atom is -0.310 e. The molecule has 1 nitrogen and oxygen atoms in total. The van der Waals surface area contributed by atoms with Crippen LogP contribution in [0.1, 0.15) is 51.6 Å². The summed E-state index contributed by atoms with van der Waals surface area (Å²) in [7, 11) is 0. The molecule has 2 rings (SSSR count). The third-order valence-electron chi connectivity index (χ3n) is 4.34. The Balaban J connectivity index is 2.16. The predicted molar refractivity (Wildman–Crippen MR) is 83.5 cm³/mol. The monoisotopic (exact) mass is 279 g/mol. The molecule has 0 radical (unpaired) electrons. The lowest BCUT2D eigenvalue weighted by Crippen LogP contribution is -2.33. The third kappa shape index (κ3) is 3.97. The van der Waals surface area contributed by atoms with E-state index in [2.05, 4.69) is 38.2 Å². The van der Waals surface area contributed by atoms with Crippen molar-refractivity contribution in [2.75, 3.05) is 6.54 Å². The zero-order valence-electron chi connectivity index (χ0n) is 12.3. The second-order valence-corrected chi connectivity index (χ2v) is 6.70. The van der Waals surface area contributed by atoms with E-state index in [0.29, 0.717) is 6.04 Å². The smallest absolute Gasteiger partial charge is 0.0406 e. The zero-order chi connectivity index (χ0) is 13.8. The highest BCUT2D eigenvalue weighted by molar-refractivity contribution is 6.30. The normalized spacial score (nSPS) is 29.2. The van der Waals surface area contributed by atoms with Crippen LogP contribution in [0.2, 0.25) is 5.02 Å². The summed E-state index contributed by atoms with van der Waals surface area (Å²) in [5.41, 5.74) is 1.39. The average molecular weight is 280 g/mol. The SMILES string of the molecule is CCNC(c1ccc(Cl)cc1)C1CC(C)CC(C)C1. The molecule has 0 spiro atoms. The van der Waals surface area contributed by atoms with Gasteiger partial charge >= 0.3 is 0 Å². The van der Waals surface area contributed by atoms with Gasteiger partial charge < -0.3 is 5.32 Å². The van der Waals surface area contributed by atoms with Crippen molar-refractivity contribution >= 4 is 11.6 Å². The minimum absolute atomic E-state index is 0.479. The standard InChI is InChI=1S/C17H26ClN/c1-4-19-17(14-5-7-16(18)8-6-14)15-10-12(2)9-13(3)11-15/h5-8,12-13,15,17,19H,4,9-11H2,1-3H3.